The van der Waals surface area contributed by atoms with E-state index in [1.165, 1.54) is 0 Å². The lowest BCUT2D eigenvalue weighted by atomic mass is 10.1. The lowest BCUT2D eigenvalue weighted by molar-refractivity contribution is -0.142. The zero-order valence-corrected chi connectivity index (χ0v) is 16.7. The van der Waals surface area contributed by atoms with Crippen molar-refractivity contribution in [2.24, 2.45) is 5.92 Å². The molecule has 0 saturated carbocycles. The Kier molecular flexibility index (Phi) is 5.42. The van der Waals surface area contributed by atoms with Crippen LogP contribution in [-0.2, 0) is 0 Å². The summed E-state index contributed by atoms with van der Waals surface area (Å²) < 4.78 is 43.2. The van der Waals surface area contributed by atoms with Gasteiger partial charge in [-0.15, -0.1) is 0 Å². The molecule has 4 rings (SSSR count). The van der Waals surface area contributed by atoms with E-state index >= 15 is 0 Å². The number of anilines is 1. The Labute approximate surface area is 175 Å². The number of oxazole rings is 1. The Morgan fingerprint density at radius 1 is 1.17 bits per heavy atom. The van der Waals surface area contributed by atoms with Gasteiger partial charge in [-0.1, -0.05) is 30.7 Å². The van der Waals surface area contributed by atoms with Crippen LogP contribution in [0.5, 0.6) is 0 Å². The Morgan fingerprint density at radius 3 is 2.67 bits per heavy atom. The summed E-state index contributed by atoms with van der Waals surface area (Å²) in [6, 6.07) is 12.5. The second kappa shape index (κ2) is 8.02. The predicted molar refractivity (Wildman–Crippen MR) is 110 cm³/mol. The summed E-state index contributed by atoms with van der Waals surface area (Å²) >= 11 is 6.01. The normalized spacial score (nSPS) is 13.0. The van der Waals surface area contributed by atoms with E-state index in [2.05, 4.69) is 20.5 Å². The van der Waals surface area contributed by atoms with Crippen LogP contribution in [0.2, 0.25) is 5.02 Å². The summed E-state index contributed by atoms with van der Waals surface area (Å²) in [4.78, 5) is 4.48. The van der Waals surface area contributed by atoms with Crippen LogP contribution in [0.3, 0.4) is 0 Å². The fraction of sp³-hybridized carbons (Fsp3) is 0.238. The van der Waals surface area contributed by atoms with Crippen molar-refractivity contribution in [3.63, 3.8) is 0 Å². The largest absolute Gasteiger partial charge is 0.436 e. The molecule has 0 aliphatic carbocycles. The molecule has 0 bridgehead atoms. The maximum absolute atomic E-state index is 12.5. The maximum Gasteiger partial charge on any atom is 0.389 e. The van der Waals surface area contributed by atoms with Crippen molar-refractivity contribution in [3.05, 3.63) is 53.7 Å². The smallest absolute Gasteiger partial charge is 0.389 e. The Morgan fingerprint density at radius 2 is 1.93 bits per heavy atom. The van der Waals surface area contributed by atoms with Crippen molar-refractivity contribution in [1.82, 2.24) is 15.2 Å². The number of rotatable bonds is 6. The number of hydrogen-bond donors (Lipinski definition) is 2. The van der Waals surface area contributed by atoms with E-state index in [1.807, 2.05) is 24.3 Å². The van der Waals surface area contributed by atoms with Gasteiger partial charge in [-0.2, -0.15) is 18.3 Å². The number of alkyl halides is 3. The van der Waals surface area contributed by atoms with Gasteiger partial charge >= 0.3 is 6.18 Å². The first-order valence-corrected chi connectivity index (χ1v) is 9.67. The molecule has 2 aromatic heterocycles. The molecule has 2 heterocycles. The molecule has 4 aromatic rings. The van der Waals surface area contributed by atoms with Gasteiger partial charge in [-0.25, -0.2) is 4.98 Å². The summed E-state index contributed by atoms with van der Waals surface area (Å²) in [6.07, 6.45) is -3.34. The molecule has 0 aliphatic rings. The highest BCUT2D eigenvalue weighted by atomic mass is 35.5. The minimum Gasteiger partial charge on any atom is -0.436 e. The number of benzene rings is 2. The van der Waals surface area contributed by atoms with Gasteiger partial charge in [0.15, 0.2) is 5.58 Å². The van der Waals surface area contributed by atoms with E-state index in [0.717, 1.165) is 16.9 Å². The van der Waals surface area contributed by atoms with Crippen molar-refractivity contribution in [2.75, 3.05) is 11.9 Å². The fourth-order valence-electron chi connectivity index (χ4n) is 3.20. The van der Waals surface area contributed by atoms with E-state index in [0.29, 0.717) is 27.6 Å². The number of nitrogens with zero attached hydrogens (tertiary/aromatic N) is 2. The zero-order chi connectivity index (χ0) is 21.3. The Bertz CT molecular complexity index is 1150. The quantitative estimate of drug-likeness (QED) is 0.361. The average molecular weight is 435 g/mol. The van der Waals surface area contributed by atoms with Crippen molar-refractivity contribution >= 4 is 28.4 Å². The monoisotopic (exact) mass is 434 g/mol. The highest BCUT2D eigenvalue weighted by Crippen LogP contribution is 2.33. The summed E-state index contributed by atoms with van der Waals surface area (Å²) in [5.74, 6) is -0.101. The molecule has 0 spiro atoms. The number of nitrogens with one attached hydrogen (secondary N) is 2. The van der Waals surface area contributed by atoms with Crippen molar-refractivity contribution < 1.29 is 17.6 Å². The highest BCUT2D eigenvalue weighted by Gasteiger charge is 2.29. The Balaban J connectivity index is 1.51. The molecule has 0 saturated heterocycles. The van der Waals surface area contributed by atoms with E-state index in [1.54, 1.807) is 31.3 Å². The minimum atomic E-state index is -4.15. The molecule has 0 fully saturated rings. The van der Waals surface area contributed by atoms with Crippen LogP contribution in [0.1, 0.15) is 13.3 Å². The average Bonchev–Trinajstić information content (AvgIpc) is 3.31. The SMILES string of the molecule is CC(CNc1ccc(-c2[nH]ncc2-c2nc3cc(Cl)ccc3o2)cc1)CC(F)(F)F. The van der Waals surface area contributed by atoms with Crippen LogP contribution in [-0.4, -0.2) is 27.9 Å². The third-order valence-electron chi connectivity index (χ3n) is 4.63. The summed E-state index contributed by atoms with van der Waals surface area (Å²) in [5, 5.41) is 10.7. The van der Waals surface area contributed by atoms with Crippen molar-refractivity contribution in [1.29, 1.82) is 0 Å². The maximum atomic E-state index is 12.5. The summed E-state index contributed by atoms with van der Waals surface area (Å²) in [5.41, 5.74) is 4.28. The second-order valence-corrected chi connectivity index (χ2v) is 7.61. The molecule has 0 amide bonds. The molecule has 156 valence electrons. The van der Waals surface area contributed by atoms with Gasteiger partial charge in [0.05, 0.1) is 17.5 Å². The first-order valence-electron chi connectivity index (χ1n) is 9.29. The second-order valence-electron chi connectivity index (χ2n) is 7.17. The number of hydrogen-bond acceptors (Lipinski definition) is 4. The molecule has 1 atom stereocenters. The molecular weight excluding hydrogens is 417 g/mol. The molecule has 30 heavy (non-hydrogen) atoms. The van der Waals surface area contributed by atoms with Gasteiger partial charge in [-0.05, 0) is 36.2 Å². The topological polar surface area (TPSA) is 66.7 Å². The predicted octanol–water partition coefficient (Wildman–Crippen LogP) is 6.54. The lowest BCUT2D eigenvalue weighted by Crippen LogP contribution is -2.19. The van der Waals surface area contributed by atoms with Gasteiger partial charge in [-0.3, -0.25) is 5.10 Å². The summed E-state index contributed by atoms with van der Waals surface area (Å²) in [6.45, 7) is 1.80. The van der Waals surface area contributed by atoms with Crippen LogP contribution in [0.15, 0.2) is 53.1 Å². The van der Waals surface area contributed by atoms with Gasteiger partial charge in [0.25, 0.3) is 0 Å². The number of aromatic amines is 1. The molecule has 2 aromatic carbocycles. The van der Waals surface area contributed by atoms with Crippen LogP contribution < -0.4 is 5.32 Å². The molecule has 0 aliphatic heterocycles. The molecule has 0 radical (unpaired) electrons. The summed E-state index contributed by atoms with van der Waals surface area (Å²) in [7, 11) is 0. The van der Waals surface area contributed by atoms with Crippen LogP contribution in [0.25, 0.3) is 33.8 Å². The number of halogens is 4. The molecular formula is C21H18ClF3N4O. The third kappa shape index (κ3) is 4.59. The van der Waals surface area contributed by atoms with Crippen LogP contribution in [0.4, 0.5) is 18.9 Å². The van der Waals surface area contributed by atoms with E-state index in [9.17, 15) is 13.2 Å². The highest BCUT2D eigenvalue weighted by molar-refractivity contribution is 6.31. The first kappa shape index (κ1) is 20.3. The van der Waals surface area contributed by atoms with Gasteiger partial charge in [0.2, 0.25) is 5.89 Å². The number of H-pyrrole nitrogens is 1. The van der Waals surface area contributed by atoms with Gasteiger partial charge in [0.1, 0.15) is 5.52 Å². The van der Waals surface area contributed by atoms with Crippen molar-refractivity contribution in [3.8, 4) is 22.7 Å². The lowest BCUT2D eigenvalue weighted by Gasteiger charge is -2.15. The van der Waals surface area contributed by atoms with E-state index in [4.69, 9.17) is 16.0 Å². The fourth-order valence-corrected chi connectivity index (χ4v) is 3.36. The van der Waals surface area contributed by atoms with Gasteiger partial charge < -0.3 is 9.73 Å². The van der Waals surface area contributed by atoms with Crippen molar-refractivity contribution in [2.45, 2.75) is 19.5 Å². The van der Waals surface area contributed by atoms with E-state index in [-0.39, 0.29) is 6.54 Å². The van der Waals surface area contributed by atoms with Gasteiger partial charge in [0, 0.05) is 29.2 Å². The molecule has 1 unspecified atom stereocenters. The van der Waals surface area contributed by atoms with E-state index < -0.39 is 18.5 Å². The number of fused-ring (bicyclic) bond motifs is 1. The Hall–Kier alpha value is -3.00. The molecule has 2 N–H and O–H groups in total. The van der Waals surface area contributed by atoms with Crippen LogP contribution in [0, 0.1) is 5.92 Å². The zero-order valence-electron chi connectivity index (χ0n) is 15.9. The molecule has 9 heteroatoms. The molecule has 5 nitrogen and oxygen atoms in total. The minimum absolute atomic E-state index is 0.236. The first-order chi connectivity index (χ1) is 14.3. The number of aromatic nitrogens is 3. The van der Waals surface area contributed by atoms with Crippen LogP contribution >= 0.6 is 11.6 Å². The third-order valence-corrected chi connectivity index (χ3v) is 4.86. The standard InChI is InChI=1S/C21H18ClF3N4O/c1-12(9-21(23,24)25)10-26-15-5-2-13(3-6-15)19-16(11-27-29-19)20-28-17-8-14(22)4-7-18(17)30-20/h2-8,11-12,26H,9-10H2,1H3,(H,27,29).